The molecule has 0 unspecified atom stereocenters. The molecule has 10 heteroatoms. The fourth-order valence-corrected chi connectivity index (χ4v) is 4.44. The number of nitrogens with one attached hydrogen (secondary N) is 2. The highest BCUT2D eigenvalue weighted by atomic mass is 32.1. The summed E-state index contributed by atoms with van der Waals surface area (Å²) in [6.45, 7) is 1.62. The lowest BCUT2D eigenvalue weighted by atomic mass is 9.73. The first-order valence-corrected chi connectivity index (χ1v) is 9.62. The van der Waals surface area contributed by atoms with Crippen molar-refractivity contribution in [3.8, 4) is 10.8 Å². The van der Waals surface area contributed by atoms with Crippen LogP contribution in [0.15, 0.2) is 22.8 Å². The Morgan fingerprint density at radius 3 is 3.04 bits per heavy atom. The van der Waals surface area contributed by atoms with Crippen molar-refractivity contribution in [2.24, 2.45) is 5.92 Å². The maximum absolute atomic E-state index is 12.9. The smallest absolute Gasteiger partial charge is 0.325 e. The van der Waals surface area contributed by atoms with Crippen molar-refractivity contribution >= 4 is 34.3 Å². The highest BCUT2D eigenvalue weighted by Gasteiger charge is 2.55. The summed E-state index contributed by atoms with van der Waals surface area (Å²) in [4.78, 5) is 38.5. The molecule has 9 nitrogen and oxygen atoms in total. The first-order valence-electron chi connectivity index (χ1n) is 8.81. The molecule has 4 rings (SSSR count). The van der Waals surface area contributed by atoms with Gasteiger partial charge in [0.2, 0.25) is 11.0 Å². The van der Waals surface area contributed by atoms with Crippen LogP contribution in [-0.4, -0.2) is 45.0 Å². The van der Waals surface area contributed by atoms with Crippen molar-refractivity contribution in [2.75, 3.05) is 11.9 Å². The van der Waals surface area contributed by atoms with Crippen molar-refractivity contribution in [3.63, 3.8) is 0 Å². The van der Waals surface area contributed by atoms with Crippen LogP contribution >= 0.6 is 11.3 Å². The van der Waals surface area contributed by atoms with Crippen LogP contribution in [0.25, 0.3) is 10.8 Å². The molecule has 4 amide bonds. The second kappa shape index (κ2) is 6.76. The van der Waals surface area contributed by atoms with Crippen LogP contribution < -0.4 is 10.6 Å². The van der Waals surface area contributed by atoms with Crippen molar-refractivity contribution in [3.05, 3.63) is 18.4 Å². The van der Waals surface area contributed by atoms with Gasteiger partial charge in [0.1, 0.15) is 12.1 Å². The number of anilines is 1. The number of urea groups is 1. The number of rotatable bonds is 4. The number of carbonyl (C=O) groups is 3. The zero-order valence-electron chi connectivity index (χ0n) is 14.7. The zero-order chi connectivity index (χ0) is 19.0. The first kappa shape index (κ1) is 17.7. The van der Waals surface area contributed by atoms with E-state index in [2.05, 4.69) is 20.8 Å². The van der Waals surface area contributed by atoms with Crippen LogP contribution in [0.1, 0.15) is 32.6 Å². The number of imide groups is 1. The number of furan rings is 1. The van der Waals surface area contributed by atoms with E-state index in [1.165, 1.54) is 6.26 Å². The molecule has 1 aliphatic heterocycles. The molecule has 2 N–H and O–H groups in total. The fraction of sp³-hybridized carbons (Fsp3) is 0.471. The van der Waals surface area contributed by atoms with Gasteiger partial charge in [-0.15, -0.1) is 10.2 Å². The van der Waals surface area contributed by atoms with Crippen LogP contribution in [0.2, 0.25) is 0 Å². The number of aromatic nitrogens is 2. The Balaban J connectivity index is 1.42. The zero-order valence-corrected chi connectivity index (χ0v) is 15.5. The summed E-state index contributed by atoms with van der Waals surface area (Å²) < 4.78 is 5.24. The van der Waals surface area contributed by atoms with Crippen LogP contribution in [0.4, 0.5) is 9.93 Å². The van der Waals surface area contributed by atoms with E-state index in [1.54, 1.807) is 12.1 Å². The average Bonchev–Trinajstić information content (AvgIpc) is 3.36. The fourth-order valence-electron chi connectivity index (χ4n) is 3.71. The van der Waals surface area contributed by atoms with Gasteiger partial charge in [0, 0.05) is 0 Å². The van der Waals surface area contributed by atoms with Crippen molar-refractivity contribution in [1.82, 2.24) is 20.4 Å². The number of nitrogens with zero attached hydrogens (tertiary/aromatic N) is 3. The first-order chi connectivity index (χ1) is 13.0. The van der Waals surface area contributed by atoms with Crippen molar-refractivity contribution in [1.29, 1.82) is 0 Å². The minimum absolute atomic E-state index is 0.0507. The molecular formula is C17H19N5O4S. The number of carbonyl (C=O) groups excluding carboxylic acids is 3. The lowest BCUT2D eigenvalue weighted by Gasteiger charge is -2.36. The maximum Gasteiger partial charge on any atom is 0.325 e. The Kier molecular flexibility index (Phi) is 4.42. The van der Waals surface area contributed by atoms with Crippen LogP contribution in [0.3, 0.4) is 0 Å². The van der Waals surface area contributed by atoms with Gasteiger partial charge >= 0.3 is 6.03 Å². The molecule has 2 aromatic rings. The summed E-state index contributed by atoms with van der Waals surface area (Å²) in [5, 5.41) is 14.1. The third kappa shape index (κ3) is 3.09. The molecule has 2 fully saturated rings. The van der Waals surface area contributed by atoms with Gasteiger partial charge in [0.15, 0.2) is 10.8 Å². The molecule has 0 aromatic carbocycles. The highest BCUT2D eigenvalue weighted by molar-refractivity contribution is 7.18. The summed E-state index contributed by atoms with van der Waals surface area (Å²) in [5.41, 5.74) is -0.870. The van der Waals surface area contributed by atoms with Gasteiger partial charge in [-0.3, -0.25) is 19.8 Å². The molecule has 0 radical (unpaired) electrons. The second-order valence-corrected chi connectivity index (χ2v) is 7.85. The quantitative estimate of drug-likeness (QED) is 0.775. The van der Waals surface area contributed by atoms with Gasteiger partial charge in [0.05, 0.1) is 6.26 Å². The Bertz CT molecular complexity index is 880. The molecule has 1 saturated carbocycles. The van der Waals surface area contributed by atoms with Gasteiger partial charge in [0.25, 0.3) is 5.91 Å². The number of amides is 4. The highest BCUT2D eigenvalue weighted by Crippen LogP contribution is 2.38. The molecule has 1 aliphatic carbocycles. The average molecular weight is 389 g/mol. The Morgan fingerprint density at radius 2 is 2.30 bits per heavy atom. The second-order valence-electron chi connectivity index (χ2n) is 6.88. The molecule has 3 heterocycles. The van der Waals surface area contributed by atoms with E-state index in [-0.39, 0.29) is 23.5 Å². The van der Waals surface area contributed by atoms with Crippen LogP contribution in [0.5, 0.6) is 0 Å². The van der Waals surface area contributed by atoms with Crippen LogP contribution in [0, 0.1) is 5.92 Å². The van der Waals surface area contributed by atoms with Gasteiger partial charge in [-0.1, -0.05) is 31.1 Å². The molecule has 2 atom stereocenters. The number of hydrogen-bond donors (Lipinski definition) is 2. The Labute approximate surface area is 159 Å². The predicted octanol–water partition coefficient (Wildman–Crippen LogP) is 2.24. The van der Waals surface area contributed by atoms with Crippen LogP contribution in [-0.2, 0) is 9.59 Å². The van der Waals surface area contributed by atoms with Crippen molar-refractivity contribution < 1.29 is 18.8 Å². The Hall–Kier alpha value is -2.75. The summed E-state index contributed by atoms with van der Waals surface area (Å²) in [6, 6.07) is 2.95. The molecule has 2 aliphatic rings. The van der Waals surface area contributed by atoms with E-state index in [0.29, 0.717) is 17.2 Å². The normalized spacial score (nSPS) is 25.1. The third-order valence-corrected chi connectivity index (χ3v) is 6.06. The van der Waals surface area contributed by atoms with E-state index < -0.39 is 17.5 Å². The minimum Gasteiger partial charge on any atom is -0.462 e. The molecule has 1 saturated heterocycles. The predicted molar refractivity (Wildman–Crippen MR) is 96.8 cm³/mol. The van der Waals surface area contributed by atoms with Gasteiger partial charge in [-0.2, -0.15) is 0 Å². The largest absolute Gasteiger partial charge is 0.462 e. The summed E-state index contributed by atoms with van der Waals surface area (Å²) in [5.74, 6) is -0.213. The van der Waals surface area contributed by atoms with Gasteiger partial charge in [-0.05, 0) is 30.9 Å². The molecule has 0 bridgehead atoms. The molecular weight excluding hydrogens is 370 g/mol. The van der Waals surface area contributed by atoms with E-state index in [0.717, 1.165) is 35.5 Å². The minimum atomic E-state index is -0.870. The van der Waals surface area contributed by atoms with E-state index >= 15 is 0 Å². The summed E-state index contributed by atoms with van der Waals surface area (Å²) in [7, 11) is 0. The Morgan fingerprint density at radius 1 is 1.44 bits per heavy atom. The van der Waals surface area contributed by atoms with Gasteiger partial charge < -0.3 is 9.73 Å². The van der Waals surface area contributed by atoms with Gasteiger partial charge in [-0.25, -0.2) is 4.79 Å². The summed E-state index contributed by atoms with van der Waals surface area (Å²) in [6.07, 6.45) is 4.94. The molecule has 2 aromatic heterocycles. The monoisotopic (exact) mass is 389 g/mol. The molecule has 1 spiro atoms. The molecule has 142 valence electrons. The third-order valence-electron chi connectivity index (χ3n) is 5.21. The van der Waals surface area contributed by atoms with E-state index in [1.807, 2.05) is 6.92 Å². The van der Waals surface area contributed by atoms with E-state index in [9.17, 15) is 14.4 Å². The maximum atomic E-state index is 12.9. The number of hydrogen-bond acceptors (Lipinski definition) is 7. The standard InChI is InChI=1S/C17H19N5O4S/c1-10-5-2-3-7-17(10)14(24)22(16(25)19-17)9-12(23)18-15-21-20-13(27-15)11-6-4-8-26-11/h4,6,8,10H,2-3,5,7,9H2,1H3,(H,19,25)(H,18,21,23)/t10-,17+/m1/s1. The lowest BCUT2D eigenvalue weighted by molar-refractivity contribution is -0.136. The van der Waals surface area contributed by atoms with E-state index in [4.69, 9.17) is 4.42 Å². The summed E-state index contributed by atoms with van der Waals surface area (Å²) >= 11 is 1.15. The molecule has 27 heavy (non-hydrogen) atoms. The SMILES string of the molecule is C[C@@H]1CCCC[C@]12NC(=O)N(CC(=O)Nc1nnc(-c3ccco3)s1)C2=O. The topological polar surface area (TPSA) is 117 Å². The lowest BCUT2D eigenvalue weighted by Crippen LogP contribution is -2.54. The van der Waals surface area contributed by atoms with Crippen molar-refractivity contribution in [2.45, 2.75) is 38.1 Å².